The maximum Gasteiger partial charge on any atom is 0.264 e. The van der Waals surface area contributed by atoms with Crippen LogP contribution in [0.15, 0.2) is 58.5 Å². The van der Waals surface area contributed by atoms with Crippen molar-refractivity contribution in [2.45, 2.75) is 36.6 Å². The van der Waals surface area contributed by atoms with E-state index in [2.05, 4.69) is 16.4 Å². The van der Waals surface area contributed by atoms with Crippen LogP contribution >= 0.6 is 11.8 Å². The van der Waals surface area contributed by atoms with Crippen LogP contribution in [0.5, 0.6) is 0 Å². The number of aryl methyl sites for hydroxylation is 1. The first-order valence-electron chi connectivity index (χ1n) is 11.4. The van der Waals surface area contributed by atoms with Gasteiger partial charge in [0, 0.05) is 30.3 Å². The lowest BCUT2D eigenvalue weighted by Crippen LogP contribution is -2.28. The van der Waals surface area contributed by atoms with Crippen LogP contribution in [0, 0.1) is 22.7 Å². The van der Waals surface area contributed by atoms with Crippen molar-refractivity contribution in [3.05, 3.63) is 65.2 Å². The minimum atomic E-state index is -3.97. The molecule has 1 aromatic heterocycles. The number of rotatable bonds is 9. The van der Waals surface area contributed by atoms with Crippen molar-refractivity contribution >= 4 is 45.1 Å². The van der Waals surface area contributed by atoms with E-state index in [1.54, 1.807) is 0 Å². The van der Waals surface area contributed by atoms with Gasteiger partial charge in [-0.15, -0.1) is 11.8 Å². The van der Waals surface area contributed by atoms with Gasteiger partial charge in [0.25, 0.3) is 10.0 Å². The zero-order valence-corrected chi connectivity index (χ0v) is 22.2. The Bertz CT molecular complexity index is 1560. The number of carbonyl (C=O) groups is 2. The Morgan fingerprint density at radius 2 is 1.66 bits per heavy atom. The summed E-state index contributed by atoms with van der Waals surface area (Å²) in [5.41, 5.74) is 8.95. The molecule has 0 unspecified atom stereocenters. The molecule has 3 rings (SSSR count). The maximum absolute atomic E-state index is 12.4. The third-order valence-electron chi connectivity index (χ3n) is 5.36. The number of hydrogen-bond acceptors (Lipinski definition) is 9. The van der Waals surface area contributed by atoms with Crippen LogP contribution in [-0.2, 0) is 26.0 Å². The molecule has 0 aliphatic carbocycles. The molecule has 2 aromatic carbocycles. The zero-order chi connectivity index (χ0) is 27.9. The monoisotopic (exact) mass is 548 g/mol. The molecule has 0 spiro atoms. The Balaban J connectivity index is 1.72. The number of anilines is 2. The lowest BCUT2D eigenvalue weighted by molar-refractivity contribution is -0.117. The van der Waals surface area contributed by atoms with Crippen LogP contribution in [0.25, 0.3) is 11.1 Å². The molecule has 38 heavy (non-hydrogen) atoms. The molecule has 0 fully saturated rings. The van der Waals surface area contributed by atoms with E-state index in [-0.39, 0.29) is 39.9 Å². The number of aromatic nitrogens is 1. The first-order chi connectivity index (χ1) is 18.1. The number of nitrogens with two attached hydrogens (primary N) is 1. The normalized spacial score (nSPS) is 10.7. The fraction of sp³-hybridized carbons (Fsp3) is 0.192. The van der Waals surface area contributed by atoms with Gasteiger partial charge < -0.3 is 11.1 Å². The van der Waals surface area contributed by atoms with Gasteiger partial charge in [-0.3, -0.25) is 9.59 Å². The molecule has 1 heterocycles. The molecule has 4 N–H and O–H groups in total. The van der Waals surface area contributed by atoms with Crippen molar-refractivity contribution in [3.8, 4) is 23.3 Å². The summed E-state index contributed by atoms with van der Waals surface area (Å²) in [4.78, 5) is 27.6. The second kappa shape index (κ2) is 12.2. The molecule has 0 saturated carbocycles. The molecular weight excluding hydrogens is 524 g/mol. The predicted molar refractivity (Wildman–Crippen MR) is 144 cm³/mol. The number of nitriles is 2. The molecule has 0 atom stereocenters. The van der Waals surface area contributed by atoms with Crippen LogP contribution in [0.4, 0.5) is 11.5 Å². The Morgan fingerprint density at radius 1 is 1.03 bits per heavy atom. The van der Waals surface area contributed by atoms with E-state index in [1.165, 1.54) is 36.0 Å². The molecule has 0 saturated heterocycles. The number of benzene rings is 2. The molecule has 10 nitrogen and oxygen atoms in total. The highest BCUT2D eigenvalue weighted by molar-refractivity contribution is 7.99. The van der Waals surface area contributed by atoms with E-state index < -0.39 is 15.9 Å². The van der Waals surface area contributed by atoms with Gasteiger partial charge in [-0.25, -0.2) is 18.1 Å². The molecule has 12 heteroatoms. The van der Waals surface area contributed by atoms with Gasteiger partial charge in [0.2, 0.25) is 11.8 Å². The number of nitrogens with zero attached hydrogens (tertiary/aromatic N) is 3. The fourth-order valence-corrected chi connectivity index (χ4v) is 5.45. The van der Waals surface area contributed by atoms with Gasteiger partial charge in [-0.05, 0) is 41.8 Å². The number of nitrogens with one attached hydrogen (secondary N) is 2. The second-order valence-electron chi connectivity index (χ2n) is 8.03. The standard InChI is InChI=1S/C26H24N6O4S2/c1-3-17-4-6-18(7-5-17)24-21(14-27)25(29)31-26(22(24)15-28)37-13-12-23(34)30-19-8-10-20(11-9-19)38(35,36)32-16(2)33/h4-11H,3,12-13H2,1-2H3,(H2,29,31)(H,30,34)(H,32,33). The van der Waals surface area contributed by atoms with Gasteiger partial charge in [0.15, 0.2) is 0 Å². The van der Waals surface area contributed by atoms with Crippen molar-refractivity contribution in [2.75, 3.05) is 16.8 Å². The average Bonchev–Trinajstić information content (AvgIpc) is 2.88. The number of thioether (sulfide) groups is 1. The van der Waals surface area contributed by atoms with Crippen LogP contribution in [-0.4, -0.2) is 31.0 Å². The average molecular weight is 549 g/mol. The van der Waals surface area contributed by atoms with Gasteiger partial charge in [-0.2, -0.15) is 10.5 Å². The van der Waals surface area contributed by atoms with Gasteiger partial charge in [0.1, 0.15) is 28.5 Å². The lowest BCUT2D eigenvalue weighted by Gasteiger charge is -2.13. The lowest BCUT2D eigenvalue weighted by atomic mass is 9.96. The van der Waals surface area contributed by atoms with Crippen molar-refractivity contribution in [3.63, 3.8) is 0 Å². The van der Waals surface area contributed by atoms with Crippen molar-refractivity contribution in [1.29, 1.82) is 10.5 Å². The first-order valence-corrected chi connectivity index (χ1v) is 13.9. The number of pyridine rings is 1. The molecule has 0 aliphatic heterocycles. The highest BCUT2D eigenvalue weighted by Crippen LogP contribution is 2.36. The summed E-state index contributed by atoms with van der Waals surface area (Å²) in [7, 11) is -3.97. The molecule has 194 valence electrons. The van der Waals surface area contributed by atoms with Crippen LogP contribution in [0.2, 0.25) is 0 Å². The van der Waals surface area contributed by atoms with Crippen molar-refractivity contribution in [1.82, 2.24) is 9.71 Å². The summed E-state index contributed by atoms with van der Waals surface area (Å²) in [5, 5.41) is 22.6. The smallest absolute Gasteiger partial charge is 0.264 e. The number of amides is 2. The third-order valence-corrected chi connectivity index (χ3v) is 7.79. The summed E-state index contributed by atoms with van der Waals surface area (Å²) >= 11 is 1.17. The maximum atomic E-state index is 12.4. The molecule has 3 aromatic rings. The quantitative estimate of drug-likeness (QED) is 0.337. The van der Waals surface area contributed by atoms with Gasteiger partial charge in [-0.1, -0.05) is 31.2 Å². The summed E-state index contributed by atoms with van der Waals surface area (Å²) in [6, 6.07) is 17.1. The van der Waals surface area contributed by atoms with Gasteiger partial charge in [0.05, 0.1) is 10.5 Å². The summed E-state index contributed by atoms with van der Waals surface area (Å²) in [6.07, 6.45) is 0.905. The first kappa shape index (κ1) is 28.2. The molecule has 0 bridgehead atoms. The Kier molecular flexibility index (Phi) is 9.07. The topological polar surface area (TPSA) is 179 Å². The van der Waals surface area contributed by atoms with Crippen LogP contribution in [0.1, 0.15) is 37.0 Å². The second-order valence-corrected chi connectivity index (χ2v) is 10.8. The SMILES string of the molecule is CCc1ccc(-c2c(C#N)c(N)nc(SCCC(=O)Nc3ccc(S(=O)(=O)NC(C)=O)cc3)c2C#N)cc1. The summed E-state index contributed by atoms with van der Waals surface area (Å²) < 4.78 is 25.9. The number of nitrogen functional groups attached to an aromatic ring is 1. The van der Waals surface area contributed by atoms with E-state index in [9.17, 15) is 28.5 Å². The minimum absolute atomic E-state index is 0.00215. The number of sulfonamides is 1. The van der Waals surface area contributed by atoms with Crippen molar-refractivity contribution in [2.24, 2.45) is 0 Å². The van der Waals surface area contributed by atoms with Gasteiger partial charge >= 0.3 is 0 Å². The minimum Gasteiger partial charge on any atom is -0.383 e. The van der Waals surface area contributed by atoms with E-state index in [0.29, 0.717) is 21.8 Å². The fourth-order valence-electron chi connectivity index (χ4n) is 3.53. The largest absolute Gasteiger partial charge is 0.383 e. The Labute approximate surface area is 224 Å². The molecule has 0 radical (unpaired) electrons. The highest BCUT2D eigenvalue weighted by atomic mass is 32.2. The zero-order valence-electron chi connectivity index (χ0n) is 20.6. The Morgan fingerprint density at radius 3 is 2.21 bits per heavy atom. The number of carbonyl (C=O) groups excluding carboxylic acids is 2. The molecule has 0 aliphatic rings. The molecule has 2 amide bonds. The third kappa shape index (κ3) is 6.68. The van der Waals surface area contributed by atoms with E-state index >= 15 is 0 Å². The van der Waals surface area contributed by atoms with Crippen LogP contribution in [0.3, 0.4) is 0 Å². The summed E-state index contributed by atoms with van der Waals surface area (Å²) in [6.45, 7) is 3.12. The number of hydrogen-bond donors (Lipinski definition) is 3. The van der Waals surface area contributed by atoms with Crippen molar-refractivity contribution < 1.29 is 18.0 Å². The summed E-state index contributed by atoms with van der Waals surface area (Å²) in [5.74, 6) is -0.783. The van der Waals surface area contributed by atoms with E-state index in [1.807, 2.05) is 42.0 Å². The van der Waals surface area contributed by atoms with E-state index in [4.69, 9.17) is 5.73 Å². The predicted octanol–water partition coefficient (Wildman–Crippen LogP) is 3.58. The highest BCUT2D eigenvalue weighted by Gasteiger charge is 2.21. The van der Waals surface area contributed by atoms with Crippen LogP contribution < -0.4 is 15.8 Å². The molecular formula is C26H24N6O4S2. The van der Waals surface area contributed by atoms with E-state index in [0.717, 1.165) is 18.9 Å². The Hall–Kier alpha value is -4.39.